The van der Waals surface area contributed by atoms with Gasteiger partial charge < -0.3 is 25.8 Å². The monoisotopic (exact) mass is 486 g/mol. The number of anilines is 2. The van der Waals surface area contributed by atoms with Gasteiger partial charge in [0.15, 0.2) is 5.65 Å². The molecule has 5 heterocycles. The summed E-state index contributed by atoms with van der Waals surface area (Å²) in [6, 6.07) is 7.29. The number of carbonyl (C=O) groups excluding carboxylic acids is 1. The van der Waals surface area contributed by atoms with Crippen LogP contribution in [0.2, 0.25) is 0 Å². The van der Waals surface area contributed by atoms with Crippen molar-refractivity contribution in [3.8, 4) is 22.9 Å². The Morgan fingerprint density at radius 1 is 1.25 bits per heavy atom. The quantitative estimate of drug-likeness (QED) is 0.388. The van der Waals surface area contributed by atoms with Gasteiger partial charge in [-0.1, -0.05) is 0 Å². The molecule has 0 aliphatic carbocycles. The number of nitrogens with two attached hydrogens (primary N) is 1. The van der Waals surface area contributed by atoms with Crippen molar-refractivity contribution in [1.29, 1.82) is 0 Å². The standard InChI is InChI=1S/C25H26N8O3/c1-35-19-7-4-14(11-28-19)25(34)31-18-6-5-17(22-16(18)8-10-36-22)21-20-23(26)29-13-30-24(20)33(32-21)15-3-2-9-27-12-15/h4-7,11,13,15,27H,2-3,8-10,12H2,1H3,(H,31,34)(H2,26,29,30)/t15-/m1/s1. The molecular weight excluding hydrogens is 460 g/mol. The van der Waals surface area contributed by atoms with Crippen LogP contribution in [0.4, 0.5) is 11.5 Å². The summed E-state index contributed by atoms with van der Waals surface area (Å²) in [6.45, 7) is 2.33. The summed E-state index contributed by atoms with van der Waals surface area (Å²) in [5.74, 6) is 1.26. The molecule has 3 aromatic heterocycles. The first-order valence-electron chi connectivity index (χ1n) is 11.9. The molecule has 0 saturated carbocycles. The van der Waals surface area contributed by atoms with Gasteiger partial charge in [-0.25, -0.2) is 19.6 Å². The smallest absolute Gasteiger partial charge is 0.257 e. The van der Waals surface area contributed by atoms with Crippen molar-refractivity contribution in [3.63, 3.8) is 0 Å². The van der Waals surface area contributed by atoms with Crippen molar-refractivity contribution in [1.82, 2.24) is 30.0 Å². The number of rotatable bonds is 5. The van der Waals surface area contributed by atoms with Crippen LogP contribution in [0.3, 0.4) is 0 Å². The first-order valence-corrected chi connectivity index (χ1v) is 11.9. The van der Waals surface area contributed by atoms with E-state index in [4.69, 9.17) is 20.3 Å². The van der Waals surface area contributed by atoms with Crippen LogP contribution in [0.1, 0.15) is 34.8 Å². The summed E-state index contributed by atoms with van der Waals surface area (Å²) in [5, 5.41) is 12.1. The molecule has 1 saturated heterocycles. The number of nitrogen functional groups attached to an aromatic ring is 1. The van der Waals surface area contributed by atoms with Crippen LogP contribution in [-0.2, 0) is 6.42 Å². The second-order valence-electron chi connectivity index (χ2n) is 8.86. The fourth-order valence-electron chi connectivity index (χ4n) is 4.91. The Labute approximate surface area is 207 Å². The molecule has 4 aromatic rings. The van der Waals surface area contributed by atoms with Gasteiger partial charge in [0.25, 0.3) is 5.91 Å². The van der Waals surface area contributed by atoms with Gasteiger partial charge in [0, 0.05) is 42.0 Å². The number of hydrogen-bond acceptors (Lipinski definition) is 9. The van der Waals surface area contributed by atoms with Crippen molar-refractivity contribution in [2.24, 2.45) is 0 Å². The number of nitrogens with zero attached hydrogens (tertiary/aromatic N) is 5. The maximum absolute atomic E-state index is 12.9. The van der Waals surface area contributed by atoms with Gasteiger partial charge in [0.2, 0.25) is 5.88 Å². The van der Waals surface area contributed by atoms with Crippen molar-refractivity contribution in [3.05, 3.63) is 47.9 Å². The molecule has 1 atom stereocenters. The van der Waals surface area contributed by atoms with Gasteiger partial charge in [-0.05, 0) is 37.6 Å². The number of carbonyl (C=O) groups is 1. The van der Waals surface area contributed by atoms with E-state index in [0.717, 1.165) is 37.1 Å². The number of aromatic nitrogens is 5. The molecule has 184 valence electrons. The lowest BCUT2D eigenvalue weighted by Gasteiger charge is -2.23. The summed E-state index contributed by atoms with van der Waals surface area (Å²) in [6.07, 6.45) is 5.70. The van der Waals surface area contributed by atoms with E-state index in [-0.39, 0.29) is 11.9 Å². The van der Waals surface area contributed by atoms with E-state index in [0.29, 0.717) is 58.5 Å². The van der Waals surface area contributed by atoms with Crippen LogP contribution in [0.5, 0.6) is 11.6 Å². The Bertz CT molecular complexity index is 1440. The predicted octanol–water partition coefficient (Wildman–Crippen LogP) is 2.59. The average Bonchev–Trinajstić information content (AvgIpc) is 3.56. The third-order valence-electron chi connectivity index (χ3n) is 6.70. The third kappa shape index (κ3) is 3.77. The number of ether oxygens (including phenoxy) is 2. The van der Waals surface area contributed by atoms with Crippen molar-refractivity contribution < 1.29 is 14.3 Å². The lowest BCUT2D eigenvalue weighted by molar-refractivity contribution is 0.102. The predicted molar refractivity (Wildman–Crippen MR) is 134 cm³/mol. The van der Waals surface area contributed by atoms with Crippen molar-refractivity contribution >= 4 is 28.4 Å². The van der Waals surface area contributed by atoms with E-state index >= 15 is 0 Å². The fraction of sp³-hybridized carbons (Fsp3) is 0.320. The summed E-state index contributed by atoms with van der Waals surface area (Å²) in [7, 11) is 1.53. The van der Waals surface area contributed by atoms with Crippen LogP contribution in [0.15, 0.2) is 36.8 Å². The van der Waals surface area contributed by atoms with E-state index in [1.165, 1.54) is 19.6 Å². The molecule has 0 bridgehead atoms. The molecule has 36 heavy (non-hydrogen) atoms. The number of fused-ring (bicyclic) bond motifs is 2. The molecule has 4 N–H and O–H groups in total. The Morgan fingerprint density at radius 2 is 2.17 bits per heavy atom. The summed E-state index contributed by atoms with van der Waals surface area (Å²) < 4.78 is 13.1. The lowest BCUT2D eigenvalue weighted by atomic mass is 10.0. The highest BCUT2D eigenvalue weighted by molar-refractivity contribution is 6.05. The fourth-order valence-corrected chi connectivity index (χ4v) is 4.91. The Hall–Kier alpha value is -4.25. The van der Waals surface area contributed by atoms with Gasteiger partial charge in [-0.3, -0.25) is 4.79 Å². The summed E-state index contributed by atoms with van der Waals surface area (Å²) in [5.41, 5.74) is 10.6. The minimum absolute atomic E-state index is 0.176. The first-order chi connectivity index (χ1) is 17.6. The highest BCUT2D eigenvalue weighted by Gasteiger charge is 2.28. The van der Waals surface area contributed by atoms with Crippen LogP contribution >= 0.6 is 0 Å². The summed E-state index contributed by atoms with van der Waals surface area (Å²) in [4.78, 5) is 25.8. The second-order valence-corrected chi connectivity index (χ2v) is 8.86. The van der Waals surface area contributed by atoms with Gasteiger partial charge in [-0.15, -0.1) is 0 Å². The molecule has 11 heteroatoms. The van der Waals surface area contributed by atoms with Crippen LogP contribution in [-0.4, -0.2) is 57.4 Å². The molecule has 1 fully saturated rings. The minimum Gasteiger partial charge on any atom is -0.492 e. The topological polar surface area (TPSA) is 142 Å². The Kier molecular flexibility index (Phi) is 5.61. The molecule has 2 aliphatic heterocycles. The molecule has 1 aromatic carbocycles. The molecule has 0 radical (unpaired) electrons. The minimum atomic E-state index is -0.260. The van der Waals surface area contributed by atoms with Gasteiger partial charge in [0.1, 0.15) is 23.6 Å². The van der Waals surface area contributed by atoms with E-state index in [2.05, 4.69) is 25.6 Å². The van der Waals surface area contributed by atoms with E-state index in [1.54, 1.807) is 12.1 Å². The number of pyridine rings is 1. The number of amides is 1. The molecule has 0 unspecified atom stereocenters. The van der Waals surface area contributed by atoms with E-state index in [9.17, 15) is 4.79 Å². The maximum atomic E-state index is 12.9. The first kappa shape index (κ1) is 22.2. The van der Waals surface area contributed by atoms with Gasteiger partial charge in [-0.2, -0.15) is 5.10 Å². The van der Waals surface area contributed by atoms with Crippen molar-refractivity contribution in [2.45, 2.75) is 25.3 Å². The lowest BCUT2D eigenvalue weighted by Crippen LogP contribution is -2.32. The normalized spacial score (nSPS) is 17.0. The molecule has 1 amide bonds. The van der Waals surface area contributed by atoms with Crippen LogP contribution in [0, 0.1) is 0 Å². The van der Waals surface area contributed by atoms with Crippen LogP contribution < -0.4 is 25.8 Å². The molecule has 11 nitrogen and oxygen atoms in total. The molecule has 6 rings (SSSR count). The van der Waals surface area contributed by atoms with Gasteiger partial charge in [0.05, 0.1) is 30.7 Å². The third-order valence-corrected chi connectivity index (χ3v) is 6.70. The average molecular weight is 487 g/mol. The zero-order valence-electron chi connectivity index (χ0n) is 19.8. The molecular formula is C25H26N8O3. The van der Waals surface area contributed by atoms with E-state index < -0.39 is 0 Å². The molecule has 2 aliphatic rings. The zero-order chi connectivity index (χ0) is 24.6. The Morgan fingerprint density at radius 3 is 2.94 bits per heavy atom. The van der Waals surface area contributed by atoms with Gasteiger partial charge >= 0.3 is 0 Å². The van der Waals surface area contributed by atoms with Crippen molar-refractivity contribution in [2.75, 3.05) is 37.9 Å². The van der Waals surface area contributed by atoms with Crippen LogP contribution in [0.25, 0.3) is 22.3 Å². The molecule has 0 spiro atoms. The number of methoxy groups -OCH3 is 1. The largest absolute Gasteiger partial charge is 0.492 e. The Balaban J connectivity index is 1.40. The second kappa shape index (κ2) is 9.08. The zero-order valence-corrected chi connectivity index (χ0v) is 19.8. The summed E-state index contributed by atoms with van der Waals surface area (Å²) >= 11 is 0. The van der Waals surface area contributed by atoms with E-state index in [1.807, 2.05) is 16.8 Å². The number of piperidine rings is 1. The number of hydrogen-bond donors (Lipinski definition) is 3. The number of nitrogens with one attached hydrogen (secondary N) is 2. The highest BCUT2D eigenvalue weighted by atomic mass is 16.5. The highest BCUT2D eigenvalue weighted by Crippen LogP contribution is 2.43. The maximum Gasteiger partial charge on any atom is 0.257 e. The number of benzene rings is 1. The SMILES string of the molecule is COc1ccc(C(=O)Nc2ccc(-c3nn([C@@H]4CCCNC4)c4ncnc(N)c34)c3c2CCO3)cn1.